The number of hydrogen-bond donors (Lipinski definition) is 3. The Labute approximate surface area is 132 Å². The maximum Gasteiger partial charge on any atom is 0.416 e. The van der Waals surface area contributed by atoms with E-state index in [0.717, 1.165) is 17.7 Å². The first-order valence-electron chi connectivity index (χ1n) is 7.38. The molecule has 0 spiro atoms. The second kappa shape index (κ2) is 7.50. The van der Waals surface area contributed by atoms with Crippen molar-refractivity contribution in [3.63, 3.8) is 0 Å². The van der Waals surface area contributed by atoms with Crippen LogP contribution in [0.2, 0.25) is 0 Å². The minimum Gasteiger partial charge on any atom is -0.396 e. The predicted octanol–water partition coefficient (Wildman–Crippen LogP) is 2.48. The summed E-state index contributed by atoms with van der Waals surface area (Å²) in [4.78, 5) is 11.7. The van der Waals surface area contributed by atoms with Crippen molar-refractivity contribution in [1.82, 2.24) is 10.6 Å². The van der Waals surface area contributed by atoms with E-state index in [9.17, 15) is 18.0 Å². The van der Waals surface area contributed by atoms with Crippen LogP contribution in [0.1, 0.15) is 17.5 Å². The lowest BCUT2D eigenvalue weighted by Gasteiger charge is -2.13. The SMILES string of the molecule is O=C(NCCc1ccc(C(F)(F)F)cc1)N[C@@H]1C=C[C@H](CO)C1. The average molecular weight is 328 g/mol. The Balaban J connectivity index is 1.70. The van der Waals surface area contributed by atoms with Gasteiger partial charge < -0.3 is 15.7 Å². The molecule has 2 amide bonds. The Bertz CT molecular complexity index is 555. The van der Waals surface area contributed by atoms with Crippen LogP contribution in [0.25, 0.3) is 0 Å². The molecule has 23 heavy (non-hydrogen) atoms. The number of aliphatic hydroxyl groups is 1. The van der Waals surface area contributed by atoms with Gasteiger partial charge in [0.25, 0.3) is 0 Å². The summed E-state index contributed by atoms with van der Waals surface area (Å²) in [5.74, 6) is 0.0763. The van der Waals surface area contributed by atoms with Crippen molar-refractivity contribution in [2.45, 2.75) is 25.1 Å². The van der Waals surface area contributed by atoms with Gasteiger partial charge in [0.1, 0.15) is 0 Å². The number of alkyl halides is 3. The molecule has 0 aromatic heterocycles. The van der Waals surface area contributed by atoms with Crippen LogP contribution in [0.3, 0.4) is 0 Å². The molecular formula is C16H19F3N2O2. The zero-order chi connectivity index (χ0) is 16.9. The zero-order valence-corrected chi connectivity index (χ0v) is 12.4. The summed E-state index contributed by atoms with van der Waals surface area (Å²) in [6, 6.07) is 4.46. The molecule has 0 saturated carbocycles. The largest absolute Gasteiger partial charge is 0.416 e. The standard InChI is InChI=1S/C16H19F3N2O2/c17-16(18,19)13-4-1-11(2-5-13)7-8-20-15(23)21-14-6-3-12(9-14)10-22/h1-6,12,14,22H,7-10H2,(H2,20,21,23)/t12-,14+/m0/s1. The van der Waals surface area contributed by atoms with Gasteiger partial charge in [-0.05, 0) is 30.5 Å². The number of benzene rings is 1. The van der Waals surface area contributed by atoms with Crippen molar-refractivity contribution in [2.75, 3.05) is 13.2 Å². The first-order valence-corrected chi connectivity index (χ1v) is 7.38. The second-order valence-corrected chi connectivity index (χ2v) is 5.51. The molecule has 7 heteroatoms. The number of nitrogens with one attached hydrogen (secondary N) is 2. The third-order valence-electron chi connectivity index (χ3n) is 3.70. The molecule has 1 aliphatic carbocycles. The predicted molar refractivity (Wildman–Crippen MR) is 79.8 cm³/mol. The fourth-order valence-electron chi connectivity index (χ4n) is 2.42. The minimum absolute atomic E-state index is 0.0597. The molecule has 0 heterocycles. The average Bonchev–Trinajstić information content (AvgIpc) is 2.94. The van der Waals surface area contributed by atoms with Gasteiger partial charge in [-0.2, -0.15) is 13.2 Å². The highest BCUT2D eigenvalue weighted by atomic mass is 19.4. The number of carbonyl (C=O) groups is 1. The molecule has 126 valence electrons. The summed E-state index contributed by atoms with van der Waals surface area (Å²) in [6.07, 6.45) is 0.496. The molecule has 2 atom stereocenters. The highest BCUT2D eigenvalue weighted by Gasteiger charge is 2.29. The van der Waals surface area contributed by atoms with Crippen LogP contribution in [0, 0.1) is 5.92 Å². The van der Waals surface area contributed by atoms with Crippen molar-refractivity contribution in [3.8, 4) is 0 Å². The fraction of sp³-hybridized carbons (Fsp3) is 0.438. The first-order chi connectivity index (χ1) is 10.9. The van der Waals surface area contributed by atoms with Crippen LogP contribution >= 0.6 is 0 Å². The molecule has 1 aromatic carbocycles. The molecule has 0 radical (unpaired) electrons. The highest BCUT2D eigenvalue weighted by molar-refractivity contribution is 5.74. The van der Waals surface area contributed by atoms with Gasteiger partial charge in [-0.1, -0.05) is 24.3 Å². The smallest absolute Gasteiger partial charge is 0.396 e. The molecule has 4 nitrogen and oxygen atoms in total. The Hall–Kier alpha value is -2.02. The lowest BCUT2D eigenvalue weighted by atomic mass is 10.1. The molecule has 3 N–H and O–H groups in total. The van der Waals surface area contributed by atoms with Crippen LogP contribution in [0.15, 0.2) is 36.4 Å². The Morgan fingerprint density at radius 3 is 2.48 bits per heavy atom. The van der Waals surface area contributed by atoms with Crippen LogP contribution in [-0.2, 0) is 12.6 Å². The van der Waals surface area contributed by atoms with E-state index >= 15 is 0 Å². The lowest BCUT2D eigenvalue weighted by molar-refractivity contribution is -0.137. The van der Waals surface area contributed by atoms with E-state index in [2.05, 4.69) is 10.6 Å². The first kappa shape index (κ1) is 17.3. The monoisotopic (exact) mass is 328 g/mol. The van der Waals surface area contributed by atoms with Crippen molar-refractivity contribution in [2.24, 2.45) is 5.92 Å². The normalized spacial score (nSPS) is 20.5. The zero-order valence-electron chi connectivity index (χ0n) is 12.4. The Morgan fingerprint density at radius 1 is 1.22 bits per heavy atom. The van der Waals surface area contributed by atoms with E-state index in [1.165, 1.54) is 12.1 Å². The molecule has 0 fully saturated rings. The number of urea groups is 1. The molecule has 0 bridgehead atoms. The maximum absolute atomic E-state index is 12.4. The van der Waals surface area contributed by atoms with E-state index in [1.54, 1.807) is 0 Å². The van der Waals surface area contributed by atoms with E-state index < -0.39 is 11.7 Å². The lowest BCUT2D eigenvalue weighted by Crippen LogP contribution is -2.41. The quantitative estimate of drug-likeness (QED) is 0.727. The van der Waals surface area contributed by atoms with E-state index in [4.69, 9.17) is 5.11 Å². The molecular weight excluding hydrogens is 309 g/mol. The topological polar surface area (TPSA) is 61.4 Å². The Morgan fingerprint density at radius 2 is 1.91 bits per heavy atom. The number of halogens is 3. The Kier molecular flexibility index (Phi) is 5.65. The van der Waals surface area contributed by atoms with E-state index in [1.807, 2.05) is 12.2 Å². The molecule has 0 aliphatic heterocycles. The third kappa shape index (κ3) is 5.28. The van der Waals surface area contributed by atoms with Crippen molar-refractivity contribution >= 4 is 6.03 Å². The summed E-state index contributed by atoms with van der Waals surface area (Å²) in [6.45, 7) is 0.390. The molecule has 0 saturated heterocycles. The van der Waals surface area contributed by atoms with Crippen molar-refractivity contribution in [1.29, 1.82) is 0 Å². The summed E-state index contributed by atoms with van der Waals surface area (Å²) in [5.41, 5.74) is 0.0396. The van der Waals surface area contributed by atoms with E-state index in [-0.39, 0.29) is 24.6 Å². The molecule has 0 unspecified atom stereocenters. The van der Waals surface area contributed by atoms with Gasteiger partial charge in [0.05, 0.1) is 5.56 Å². The molecule has 1 aliphatic rings. The van der Waals surface area contributed by atoms with Crippen molar-refractivity contribution < 1.29 is 23.1 Å². The summed E-state index contributed by atoms with van der Waals surface area (Å²) in [7, 11) is 0. The van der Waals surface area contributed by atoms with Gasteiger partial charge >= 0.3 is 12.2 Å². The van der Waals surface area contributed by atoms with Gasteiger partial charge in [-0.15, -0.1) is 0 Å². The fourth-order valence-corrected chi connectivity index (χ4v) is 2.42. The second-order valence-electron chi connectivity index (χ2n) is 5.51. The van der Waals surface area contributed by atoms with Crippen LogP contribution < -0.4 is 10.6 Å². The van der Waals surface area contributed by atoms with E-state index in [0.29, 0.717) is 19.4 Å². The van der Waals surface area contributed by atoms with Crippen LogP contribution in [-0.4, -0.2) is 30.3 Å². The summed E-state index contributed by atoms with van der Waals surface area (Å²) in [5, 5.41) is 14.4. The summed E-state index contributed by atoms with van der Waals surface area (Å²) >= 11 is 0. The van der Waals surface area contributed by atoms with Crippen molar-refractivity contribution in [3.05, 3.63) is 47.5 Å². The summed E-state index contributed by atoms with van der Waals surface area (Å²) < 4.78 is 37.3. The van der Waals surface area contributed by atoms with Gasteiger partial charge in [-0.3, -0.25) is 0 Å². The van der Waals surface area contributed by atoms with Gasteiger partial charge in [-0.25, -0.2) is 4.79 Å². The number of rotatable bonds is 5. The molecule has 1 aromatic rings. The van der Waals surface area contributed by atoms with Gasteiger partial charge in [0.2, 0.25) is 0 Å². The number of hydrogen-bond acceptors (Lipinski definition) is 2. The van der Waals surface area contributed by atoms with Gasteiger partial charge in [0, 0.05) is 25.1 Å². The number of amides is 2. The highest BCUT2D eigenvalue weighted by Crippen LogP contribution is 2.29. The van der Waals surface area contributed by atoms with Gasteiger partial charge in [0.15, 0.2) is 0 Å². The maximum atomic E-state index is 12.4. The number of carbonyl (C=O) groups excluding carboxylic acids is 1. The third-order valence-corrected chi connectivity index (χ3v) is 3.70. The molecule has 2 rings (SSSR count). The number of aliphatic hydroxyl groups excluding tert-OH is 1. The van der Waals surface area contributed by atoms with Crippen LogP contribution in [0.4, 0.5) is 18.0 Å². The minimum atomic E-state index is -4.34. The van der Waals surface area contributed by atoms with Crippen LogP contribution in [0.5, 0.6) is 0 Å².